The summed E-state index contributed by atoms with van der Waals surface area (Å²) in [5, 5.41) is 11.4. The maximum atomic E-state index is 13.9. The van der Waals surface area contributed by atoms with Crippen molar-refractivity contribution in [1.29, 1.82) is 0 Å². The van der Waals surface area contributed by atoms with Crippen molar-refractivity contribution in [2.24, 2.45) is 0 Å². The van der Waals surface area contributed by atoms with Crippen molar-refractivity contribution in [2.75, 3.05) is 0 Å². The Hall–Kier alpha value is -2.70. The fraction of sp³-hybridized carbons (Fsp3) is 0.250. The highest BCUT2D eigenvalue weighted by molar-refractivity contribution is 5.95. The molecule has 2 N–H and O–H groups in total. The fourth-order valence-corrected chi connectivity index (χ4v) is 2.18. The van der Waals surface area contributed by atoms with Crippen molar-refractivity contribution >= 4 is 11.9 Å². The molecular formula is C16H15F2NO4. The Kier molecular flexibility index (Phi) is 5.10. The molecule has 1 atom stereocenters. The minimum Gasteiger partial charge on any atom is -0.478 e. The van der Waals surface area contributed by atoms with Gasteiger partial charge < -0.3 is 14.8 Å². The van der Waals surface area contributed by atoms with E-state index in [4.69, 9.17) is 9.52 Å². The van der Waals surface area contributed by atoms with Crippen LogP contribution in [-0.4, -0.2) is 17.0 Å². The van der Waals surface area contributed by atoms with Gasteiger partial charge in [-0.15, -0.1) is 0 Å². The van der Waals surface area contributed by atoms with Crippen LogP contribution in [0.5, 0.6) is 0 Å². The Morgan fingerprint density at radius 3 is 2.61 bits per heavy atom. The molecule has 0 fully saturated rings. The van der Waals surface area contributed by atoms with Gasteiger partial charge in [-0.1, -0.05) is 19.4 Å². The maximum Gasteiger partial charge on any atom is 0.338 e. The number of hydrogen-bond acceptors (Lipinski definition) is 3. The van der Waals surface area contributed by atoms with Gasteiger partial charge in [-0.3, -0.25) is 4.79 Å². The molecule has 5 nitrogen and oxygen atoms in total. The Morgan fingerprint density at radius 1 is 1.30 bits per heavy atom. The number of amides is 1. The highest BCUT2D eigenvalue weighted by Gasteiger charge is 2.21. The first-order valence-electron chi connectivity index (χ1n) is 7.00. The average Bonchev–Trinajstić information content (AvgIpc) is 2.97. The first-order valence-corrected chi connectivity index (χ1v) is 7.00. The fourth-order valence-electron chi connectivity index (χ4n) is 2.18. The summed E-state index contributed by atoms with van der Waals surface area (Å²) in [4.78, 5) is 22.9. The third-order valence-corrected chi connectivity index (χ3v) is 3.29. The van der Waals surface area contributed by atoms with Gasteiger partial charge in [0.05, 0.1) is 11.6 Å². The number of benzene rings is 1. The smallest absolute Gasteiger partial charge is 0.338 e. The molecule has 1 aromatic heterocycles. The second-order valence-corrected chi connectivity index (χ2v) is 4.99. The lowest BCUT2D eigenvalue weighted by Gasteiger charge is -2.18. The summed E-state index contributed by atoms with van der Waals surface area (Å²) in [6, 6.07) is 3.55. The molecule has 0 saturated carbocycles. The van der Waals surface area contributed by atoms with Crippen LogP contribution < -0.4 is 5.32 Å². The van der Waals surface area contributed by atoms with E-state index in [-0.39, 0.29) is 16.9 Å². The van der Waals surface area contributed by atoms with Crippen molar-refractivity contribution in [3.8, 4) is 0 Å². The van der Waals surface area contributed by atoms with Crippen LogP contribution in [0.3, 0.4) is 0 Å². The summed E-state index contributed by atoms with van der Waals surface area (Å²) in [5.74, 6) is -3.53. The number of carboxylic acids is 1. The quantitative estimate of drug-likeness (QED) is 0.852. The summed E-state index contributed by atoms with van der Waals surface area (Å²) in [6.45, 7) is 1.86. The van der Waals surface area contributed by atoms with Crippen molar-refractivity contribution in [2.45, 2.75) is 25.8 Å². The standard InChI is InChI=1S/C16H15F2NO4/c1-2-3-13(11-5-4-10(17)7-12(11)18)19-15(20)14-6-9(8-23-14)16(21)22/h4-8,13H,2-3H2,1H3,(H,19,20)(H,21,22). The number of halogens is 2. The SMILES string of the molecule is CCCC(NC(=O)c1cc(C(=O)O)co1)c1ccc(F)cc1F. The van der Waals surface area contributed by atoms with E-state index in [0.29, 0.717) is 12.8 Å². The Bertz CT molecular complexity index is 727. The van der Waals surface area contributed by atoms with Crippen LogP contribution in [0.15, 0.2) is 34.9 Å². The third-order valence-electron chi connectivity index (χ3n) is 3.29. The van der Waals surface area contributed by atoms with Crippen LogP contribution in [-0.2, 0) is 0 Å². The summed E-state index contributed by atoms with van der Waals surface area (Å²) in [6.07, 6.45) is 2.03. The minimum atomic E-state index is -1.22. The normalized spacial score (nSPS) is 12.0. The van der Waals surface area contributed by atoms with Gasteiger partial charge in [0.2, 0.25) is 0 Å². The van der Waals surface area contributed by atoms with E-state index < -0.39 is 29.6 Å². The molecule has 1 amide bonds. The number of furan rings is 1. The van der Waals surface area contributed by atoms with Crippen molar-refractivity contribution in [1.82, 2.24) is 5.32 Å². The Balaban J connectivity index is 2.21. The van der Waals surface area contributed by atoms with Gasteiger partial charge in [0.1, 0.15) is 17.9 Å². The van der Waals surface area contributed by atoms with Gasteiger partial charge in [-0.25, -0.2) is 13.6 Å². The largest absolute Gasteiger partial charge is 0.478 e. The predicted octanol–water partition coefficient (Wildman–Crippen LogP) is 3.53. The molecule has 7 heteroatoms. The highest BCUT2D eigenvalue weighted by atomic mass is 19.1. The summed E-state index contributed by atoms with van der Waals surface area (Å²) in [5.41, 5.74) is 0.00164. The van der Waals surface area contributed by atoms with E-state index >= 15 is 0 Å². The Labute approximate surface area is 130 Å². The molecular weight excluding hydrogens is 308 g/mol. The number of carbonyl (C=O) groups excluding carboxylic acids is 1. The van der Waals surface area contributed by atoms with Gasteiger partial charge in [0.25, 0.3) is 5.91 Å². The van der Waals surface area contributed by atoms with Crippen LogP contribution >= 0.6 is 0 Å². The summed E-state index contributed by atoms with van der Waals surface area (Å²) in [7, 11) is 0. The molecule has 0 saturated heterocycles. The van der Waals surface area contributed by atoms with Crippen molar-refractivity contribution in [3.63, 3.8) is 0 Å². The van der Waals surface area contributed by atoms with E-state index in [1.54, 1.807) is 0 Å². The second kappa shape index (κ2) is 7.04. The van der Waals surface area contributed by atoms with Gasteiger partial charge in [0.15, 0.2) is 5.76 Å². The van der Waals surface area contributed by atoms with Crippen LogP contribution in [0.1, 0.15) is 52.3 Å². The number of rotatable bonds is 6. The lowest BCUT2D eigenvalue weighted by molar-refractivity contribution is 0.0695. The monoisotopic (exact) mass is 323 g/mol. The molecule has 0 bridgehead atoms. The number of aromatic carboxylic acids is 1. The summed E-state index contributed by atoms with van der Waals surface area (Å²) >= 11 is 0. The molecule has 0 radical (unpaired) electrons. The van der Waals surface area contributed by atoms with Crippen molar-refractivity contribution in [3.05, 3.63) is 59.1 Å². The summed E-state index contributed by atoms with van der Waals surface area (Å²) < 4.78 is 31.8. The Morgan fingerprint density at radius 2 is 2.04 bits per heavy atom. The minimum absolute atomic E-state index is 0.157. The second-order valence-electron chi connectivity index (χ2n) is 4.99. The van der Waals surface area contributed by atoms with Crippen LogP contribution in [0.25, 0.3) is 0 Å². The van der Waals surface area contributed by atoms with Gasteiger partial charge in [-0.2, -0.15) is 0 Å². The first-order chi connectivity index (χ1) is 10.9. The topological polar surface area (TPSA) is 79.5 Å². The molecule has 122 valence electrons. The molecule has 1 aromatic carbocycles. The zero-order chi connectivity index (χ0) is 17.0. The molecule has 0 aliphatic heterocycles. The molecule has 2 rings (SSSR count). The van der Waals surface area contributed by atoms with Gasteiger partial charge in [-0.05, 0) is 12.5 Å². The maximum absolute atomic E-state index is 13.9. The van der Waals surface area contributed by atoms with E-state index in [2.05, 4.69) is 5.32 Å². The lowest BCUT2D eigenvalue weighted by Crippen LogP contribution is -2.29. The zero-order valence-electron chi connectivity index (χ0n) is 12.3. The lowest BCUT2D eigenvalue weighted by atomic mass is 10.0. The average molecular weight is 323 g/mol. The van der Waals surface area contributed by atoms with Crippen LogP contribution in [0.4, 0.5) is 8.78 Å². The van der Waals surface area contributed by atoms with Gasteiger partial charge in [0, 0.05) is 17.7 Å². The van der Waals surface area contributed by atoms with E-state index in [1.807, 2.05) is 6.92 Å². The van der Waals surface area contributed by atoms with Crippen LogP contribution in [0, 0.1) is 11.6 Å². The molecule has 0 aliphatic carbocycles. The first kappa shape index (κ1) is 16.7. The molecule has 0 aliphatic rings. The molecule has 0 spiro atoms. The predicted molar refractivity (Wildman–Crippen MR) is 77.1 cm³/mol. The number of carboxylic acid groups (broad SMARTS) is 1. The van der Waals surface area contributed by atoms with Crippen molar-refractivity contribution < 1.29 is 27.9 Å². The number of carbonyl (C=O) groups is 2. The van der Waals surface area contributed by atoms with E-state index in [0.717, 1.165) is 24.5 Å². The molecule has 1 unspecified atom stereocenters. The van der Waals surface area contributed by atoms with Crippen LogP contribution in [0.2, 0.25) is 0 Å². The number of hydrogen-bond donors (Lipinski definition) is 2. The molecule has 23 heavy (non-hydrogen) atoms. The third kappa shape index (κ3) is 3.94. The highest BCUT2D eigenvalue weighted by Crippen LogP contribution is 2.23. The van der Waals surface area contributed by atoms with Gasteiger partial charge >= 0.3 is 5.97 Å². The van der Waals surface area contributed by atoms with E-state index in [1.165, 1.54) is 6.07 Å². The molecule has 1 heterocycles. The zero-order valence-corrected chi connectivity index (χ0v) is 12.3. The molecule has 2 aromatic rings. The van der Waals surface area contributed by atoms with E-state index in [9.17, 15) is 18.4 Å². The number of nitrogens with one attached hydrogen (secondary N) is 1.